The van der Waals surface area contributed by atoms with Crippen LogP contribution in [0.25, 0.3) is 16.9 Å². The fourth-order valence-corrected chi connectivity index (χ4v) is 3.91. The van der Waals surface area contributed by atoms with E-state index in [1.54, 1.807) is 24.3 Å². The summed E-state index contributed by atoms with van der Waals surface area (Å²) in [6.07, 6.45) is -2.99. The van der Waals surface area contributed by atoms with Crippen molar-refractivity contribution in [3.05, 3.63) is 77.8 Å². The first kappa shape index (κ1) is 25.6. The number of nitrogens with zero attached hydrogens (tertiary/aromatic N) is 5. The summed E-state index contributed by atoms with van der Waals surface area (Å²) < 4.78 is 40.8. The minimum atomic E-state index is -1.56. The molecule has 5 atom stereocenters. The third-order valence-corrected chi connectivity index (χ3v) is 5.97. The SMILES string of the molecule is N=c1c2ncn(-c3ccc(F)cc3F)c2ncn1N=Cc1ccc(OC2OC(CO)C(O)C(O)C2O)cc1. The highest BCUT2D eigenvalue weighted by Gasteiger charge is 2.44. The molecule has 1 aliphatic heterocycles. The van der Waals surface area contributed by atoms with E-state index >= 15 is 0 Å². The Kier molecular flexibility index (Phi) is 6.96. The highest BCUT2D eigenvalue weighted by atomic mass is 19.1. The van der Waals surface area contributed by atoms with Crippen molar-refractivity contribution >= 4 is 17.4 Å². The molecule has 5 rings (SSSR count). The van der Waals surface area contributed by atoms with E-state index in [0.717, 1.165) is 12.1 Å². The van der Waals surface area contributed by atoms with Gasteiger partial charge in [-0.3, -0.25) is 9.98 Å². The second kappa shape index (κ2) is 10.4. The number of hydrogen-bond donors (Lipinski definition) is 5. The molecule has 1 fully saturated rings. The molecule has 12 nitrogen and oxygen atoms in total. The zero-order chi connectivity index (χ0) is 27.0. The predicted octanol–water partition coefficient (Wildman–Crippen LogP) is 0.0406. The number of ether oxygens (including phenoxy) is 2. The maximum Gasteiger partial charge on any atom is 0.229 e. The molecule has 0 saturated carbocycles. The summed E-state index contributed by atoms with van der Waals surface area (Å²) in [7, 11) is 0. The van der Waals surface area contributed by atoms with Crippen molar-refractivity contribution in [2.45, 2.75) is 30.7 Å². The Morgan fingerprint density at radius 2 is 1.79 bits per heavy atom. The van der Waals surface area contributed by atoms with E-state index in [2.05, 4.69) is 15.1 Å². The van der Waals surface area contributed by atoms with Crippen LogP contribution in [0.15, 0.2) is 60.2 Å². The van der Waals surface area contributed by atoms with Crippen molar-refractivity contribution in [2.75, 3.05) is 6.61 Å². The van der Waals surface area contributed by atoms with E-state index in [1.807, 2.05) is 0 Å². The molecule has 38 heavy (non-hydrogen) atoms. The van der Waals surface area contributed by atoms with Gasteiger partial charge in [0.15, 0.2) is 16.7 Å². The van der Waals surface area contributed by atoms with Gasteiger partial charge in [-0.15, -0.1) is 0 Å². The van der Waals surface area contributed by atoms with Crippen LogP contribution in [0.3, 0.4) is 0 Å². The quantitative estimate of drug-likeness (QED) is 0.218. The van der Waals surface area contributed by atoms with Gasteiger partial charge in [-0.25, -0.2) is 23.4 Å². The lowest BCUT2D eigenvalue weighted by atomic mass is 9.99. The van der Waals surface area contributed by atoms with Crippen molar-refractivity contribution in [1.29, 1.82) is 5.41 Å². The number of imidazole rings is 1. The zero-order valence-electron chi connectivity index (χ0n) is 19.5. The van der Waals surface area contributed by atoms with Crippen molar-refractivity contribution in [3.63, 3.8) is 0 Å². The van der Waals surface area contributed by atoms with Gasteiger partial charge in [-0.05, 0) is 42.0 Å². The topological polar surface area (TPSA) is 171 Å². The van der Waals surface area contributed by atoms with E-state index < -0.39 is 48.9 Å². The zero-order valence-corrected chi connectivity index (χ0v) is 19.5. The van der Waals surface area contributed by atoms with E-state index in [9.17, 15) is 29.2 Å². The first-order valence-electron chi connectivity index (χ1n) is 11.3. The van der Waals surface area contributed by atoms with Crippen LogP contribution in [0.5, 0.6) is 5.75 Å². The molecule has 0 spiro atoms. The summed E-state index contributed by atoms with van der Waals surface area (Å²) in [5, 5.41) is 51.8. The first-order valence-corrected chi connectivity index (χ1v) is 11.3. The fraction of sp³-hybridized carbons (Fsp3) is 0.250. The summed E-state index contributed by atoms with van der Waals surface area (Å²) in [4.78, 5) is 8.35. The van der Waals surface area contributed by atoms with Crippen molar-refractivity contribution in [3.8, 4) is 11.4 Å². The normalized spacial score (nSPS) is 23.8. The van der Waals surface area contributed by atoms with Gasteiger partial charge >= 0.3 is 0 Å². The largest absolute Gasteiger partial charge is 0.462 e. The van der Waals surface area contributed by atoms with Crippen LogP contribution < -0.4 is 10.2 Å². The maximum absolute atomic E-state index is 14.2. The molecule has 198 valence electrons. The number of benzene rings is 2. The number of nitrogens with one attached hydrogen (secondary N) is 1. The number of aromatic nitrogens is 4. The summed E-state index contributed by atoms with van der Waals surface area (Å²) in [5.41, 5.74) is 0.874. The summed E-state index contributed by atoms with van der Waals surface area (Å²) in [6, 6.07) is 9.47. The summed E-state index contributed by atoms with van der Waals surface area (Å²) in [5.74, 6) is -1.24. The minimum Gasteiger partial charge on any atom is -0.462 e. The third-order valence-electron chi connectivity index (χ3n) is 5.97. The predicted molar refractivity (Wildman–Crippen MR) is 126 cm³/mol. The lowest BCUT2D eigenvalue weighted by Crippen LogP contribution is -2.60. The molecule has 0 radical (unpaired) electrons. The molecular weight excluding hydrogens is 506 g/mol. The first-order chi connectivity index (χ1) is 18.3. The van der Waals surface area contributed by atoms with Crippen LogP contribution in [0.1, 0.15) is 5.56 Å². The van der Waals surface area contributed by atoms with E-state index in [1.165, 1.54) is 34.2 Å². The number of halogens is 2. The molecule has 0 aliphatic carbocycles. The highest BCUT2D eigenvalue weighted by molar-refractivity contribution is 5.79. The Bertz CT molecular complexity index is 1540. The van der Waals surface area contributed by atoms with Crippen LogP contribution in [-0.4, -0.2) is 83.2 Å². The number of hydrogen-bond acceptors (Lipinski definition) is 10. The number of aliphatic hydroxyl groups is 4. The van der Waals surface area contributed by atoms with Gasteiger partial charge in [0.2, 0.25) is 6.29 Å². The van der Waals surface area contributed by atoms with Crippen LogP contribution in [-0.2, 0) is 4.74 Å². The van der Waals surface area contributed by atoms with Gasteiger partial charge in [-0.1, -0.05) is 0 Å². The smallest absolute Gasteiger partial charge is 0.229 e. The molecule has 1 saturated heterocycles. The maximum atomic E-state index is 14.2. The lowest BCUT2D eigenvalue weighted by molar-refractivity contribution is -0.277. The van der Waals surface area contributed by atoms with Crippen molar-refractivity contribution < 1.29 is 38.7 Å². The van der Waals surface area contributed by atoms with Gasteiger partial charge in [0.25, 0.3) is 0 Å². The van der Waals surface area contributed by atoms with Gasteiger partial charge in [0.1, 0.15) is 54.5 Å². The van der Waals surface area contributed by atoms with E-state index in [0.29, 0.717) is 5.56 Å². The molecule has 4 aromatic rings. The summed E-state index contributed by atoms with van der Waals surface area (Å²) >= 11 is 0. The van der Waals surface area contributed by atoms with Crippen LogP contribution in [0.2, 0.25) is 0 Å². The molecule has 0 bridgehead atoms. The Balaban J connectivity index is 1.32. The van der Waals surface area contributed by atoms with Gasteiger partial charge in [0.05, 0.1) is 18.5 Å². The molecule has 5 N–H and O–H groups in total. The molecular formula is C24H22F2N6O6. The van der Waals surface area contributed by atoms with Crippen molar-refractivity contribution in [1.82, 2.24) is 19.2 Å². The Morgan fingerprint density at radius 1 is 1.03 bits per heavy atom. The molecule has 5 unspecified atom stereocenters. The Morgan fingerprint density at radius 3 is 2.50 bits per heavy atom. The molecule has 2 aromatic heterocycles. The van der Waals surface area contributed by atoms with Gasteiger partial charge < -0.3 is 29.9 Å². The van der Waals surface area contributed by atoms with Crippen molar-refractivity contribution in [2.24, 2.45) is 5.10 Å². The average Bonchev–Trinajstić information content (AvgIpc) is 3.34. The van der Waals surface area contributed by atoms with Gasteiger partial charge in [-0.2, -0.15) is 5.10 Å². The minimum absolute atomic E-state index is 0.0353. The number of aliphatic hydroxyl groups excluding tert-OH is 4. The Labute approximate surface area is 212 Å². The molecule has 1 aliphatic rings. The standard InChI is InChI=1S/C24H22F2N6O6/c25-13-3-6-16(15(26)7-13)31-10-28-18-22(27)32(11-29-23(18)31)30-8-12-1-4-14(5-2-12)37-24-21(36)20(35)19(34)17(9-33)38-24/h1-8,10-11,17,19-21,24,27,33-36H,9H2. The van der Waals surface area contributed by atoms with E-state index in [-0.39, 0.29) is 28.1 Å². The summed E-state index contributed by atoms with van der Waals surface area (Å²) in [6.45, 7) is -0.570. The average molecular weight is 528 g/mol. The number of fused-ring (bicyclic) bond motifs is 1. The second-order valence-corrected chi connectivity index (χ2v) is 8.45. The Hall–Kier alpha value is -4.08. The monoisotopic (exact) mass is 528 g/mol. The van der Waals surface area contributed by atoms with Crippen LogP contribution in [0, 0.1) is 17.0 Å². The number of rotatable bonds is 6. The lowest BCUT2D eigenvalue weighted by Gasteiger charge is -2.39. The molecule has 3 heterocycles. The van der Waals surface area contributed by atoms with E-state index in [4.69, 9.17) is 14.9 Å². The van der Waals surface area contributed by atoms with Gasteiger partial charge in [0, 0.05) is 6.07 Å². The molecule has 0 amide bonds. The molecule has 14 heteroatoms. The fourth-order valence-electron chi connectivity index (χ4n) is 3.91. The molecule has 2 aromatic carbocycles. The third kappa shape index (κ3) is 4.78. The van der Waals surface area contributed by atoms with Crippen LogP contribution in [0.4, 0.5) is 8.78 Å². The van der Waals surface area contributed by atoms with Crippen LogP contribution >= 0.6 is 0 Å². The highest BCUT2D eigenvalue weighted by Crippen LogP contribution is 2.24. The second-order valence-electron chi connectivity index (χ2n) is 8.45.